The van der Waals surface area contributed by atoms with Gasteiger partial charge in [0.1, 0.15) is 0 Å². The second kappa shape index (κ2) is 7.59. The van der Waals surface area contributed by atoms with Gasteiger partial charge in [0.05, 0.1) is 29.7 Å². The first-order chi connectivity index (χ1) is 12.5. The highest BCUT2D eigenvalue weighted by Gasteiger charge is 2.27. The van der Waals surface area contributed by atoms with Gasteiger partial charge in [-0.25, -0.2) is 9.48 Å². The van der Waals surface area contributed by atoms with Gasteiger partial charge in [-0.2, -0.15) is 5.10 Å². The fourth-order valence-corrected chi connectivity index (χ4v) is 3.36. The summed E-state index contributed by atoms with van der Waals surface area (Å²) < 4.78 is 6.59. The molecule has 1 aromatic carbocycles. The molecule has 1 aliphatic heterocycles. The molecule has 0 atom stereocenters. The Morgan fingerprint density at radius 1 is 1.00 bits per heavy atom. The molecule has 1 saturated heterocycles. The number of benzene rings is 1. The Morgan fingerprint density at radius 3 is 2.35 bits per heavy atom. The first kappa shape index (κ1) is 18.0. The molecule has 2 aromatic rings. The largest absolute Gasteiger partial charge is 0.453 e. The van der Waals surface area contributed by atoms with Crippen molar-refractivity contribution in [3.63, 3.8) is 0 Å². The van der Waals surface area contributed by atoms with Gasteiger partial charge in [-0.05, 0) is 32.4 Å². The van der Waals surface area contributed by atoms with Gasteiger partial charge in [-0.1, -0.05) is 18.2 Å². The SMILES string of the molecule is COC(=O)N1CCCN(C(=O)c2c(C)nn(-c3ccccc3)c2C)CC1. The molecule has 0 radical (unpaired) electrons. The third-order valence-electron chi connectivity index (χ3n) is 4.72. The number of ether oxygens (including phenoxy) is 1. The minimum absolute atomic E-state index is 0.0334. The first-order valence-electron chi connectivity index (χ1n) is 8.76. The zero-order valence-electron chi connectivity index (χ0n) is 15.4. The average Bonchev–Trinajstić information content (AvgIpc) is 2.83. The van der Waals surface area contributed by atoms with Gasteiger partial charge in [0.25, 0.3) is 5.91 Å². The summed E-state index contributed by atoms with van der Waals surface area (Å²) in [5.74, 6) is -0.0334. The molecule has 138 valence electrons. The van der Waals surface area contributed by atoms with Crippen molar-refractivity contribution in [1.82, 2.24) is 19.6 Å². The lowest BCUT2D eigenvalue weighted by Gasteiger charge is -2.21. The van der Waals surface area contributed by atoms with E-state index in [0.29, 0.717) is 37.4 Å². The van der Waals surface area contributed by atoms with Crippen molar-refractivity contribution in [3.8, 4) is 5.69 Å². The molecule has 1 fully saturated rings. The Labute approximate surface area is 153 Å². The van der Waals surface area contributed by atoms with Crippen LogP contribution in [0.3, 0.4) is 0 Å². The minimum atomic E-state index is -0.344. The molecule has 2 heterocycles. The van der Waals surface area contributed by atoms with Gasteiger partial charge >= 0.3 is 6.09 Å². The highest BCUT2D eigenvalue weighted by molar-refractivity contribution is 5.96. The zero-order chi connectivity index (χ0) is 18.7. The molecule has 1 aliphatic rings. The Hall–Kier alpha value is -2.83. The monoisotopic (exact) mass is 356 g/mol. The maximum absolute atomic E-state index is 13.1. The van der Waals surface area contributed by atoms with Crippen molar-refractivity contribution in [3.05, 3.63) is 47.3 Å². The van der Waals surface area contributed by atoms with Crippen LogP contribution < -0.4 is 0 Å². The third kappa shape index (κ3) is 3.42. The maximum atomic E-state index is 13.1. The van der Waals surface area contributed by atoms with E-state index in [-0.39, 0.29) is 12.0 Å². The Kier molecular flexibility index (Phi) is 5.25. The number of methoxy groups -OCH3 is 1. The molecule has 2 amide bonds. The third-order valence-corrected chi connectivity index (χ3v) is 4.72. The topological polar surface area (TPSA) is 67.7 Å². The lowest BCUT2D eigenvalue weighted by atomic mass is 10.1. The average molecular weight is 356 g/mol. The zero-order valence-corrected chi connectivity index (χ0v) is 15.4. The van der Waals surface area contributed by atoms with E-state index >= 15 is 0 Å². The summed E-state index contributed by atoms with van der Waals surface area (Å²) in [6.45, 7) is 5.95. The van der Waals surface area contributed by atoms with Crippen molar-refractivity contribution in [2.24, 2.45) is 0 Å². The van der Waals surface area contributed by atoms with Gasteiger partial charge < -0.3 is 14.5 Å². The summed E-state index contributed by atoms with van der Waals surface area (Å²) >= 11 is 0. The van der Waals surface area contributed by atoms with E-state index in [1.165, 1.54) is 7.11 Å². The number of aryl methyl sites for hydroxylation is 1. The number of carbonyl (C=O) groups is 2. The Balaban J connectivity index is 1.82. The molecule has 0 spiro atoms. The molecule has 0 saturated carbocycles. The van der Waals surface area contributed by atoms with Crippen molar-refractivity contribution in [2.75, 3.05) is 33.3 Å². The van der Waals surface area contributed by atoms with Crippen LogP contribution >= 0.6 is 0 Å². The quantitative estimate of drug-likeness (QED) is 0.829. The number of nitrogens with zero attached hydrogens (tertiary/aromatic N) is 4. The van der Waals surface area contributed by atoms with Crippen molar-refractivity contribution >= 4 is 12.0 Å². The van der Waals surface area contributed by atoms with Crippen molar-refractivity contribution < 1.29 is 14.3 Å². The highest BCUT2D eigenvalue weighted by Crippen LogP contribution is 2.20. The van der Waals surface area contributed by atoms with Crippen LogP contribution in [0.15, 0.2) is 30.3 Å². The summed E-state index contributed by atoms with van der Waals surface area (Å²) in [6, 6.07) is 9.78. The highest BCUT2D eigenvalue weighted by atomic mass is 16.5. The number of hydrogen-bond donors (Lipinski definition) is 0. The predicted octanol–water partition coefficient (Wildman–Crippen LogP) is 2.40. The molecular weight excluding hydrogens is 332 g/mol. The predicted molar refractivity (Wildman–Crippen MR) is 97.5 cm³/mol. The standard InChI is InChI=1S/C19H24N4O3/c1-14-17(15(2)23(20-14)16-8-5-4-6-9-16)18(24)21-10-7-11-22(13-12-21)19(25)26-3/h4-6,8-9H,7,10-13H2,1-3H3. The van der Waals surface area contributed by atoms with E-state index in [4.69, 9.17) is 4.74 Å². The smallest absolute Gasteiger partial charge is 0.409 e. The number of carbonyl (C=O) groups excluding carboxylic acids is 2. The number of para-hydroxylation sites is 1. The summed E-state index contributed by atoms with van der Waals surface area (Å²) in [7, 11) is 1.38. The van der Waals surface area contributed by atoms with E-state index in [2.05, 4.69) is 5.10 Å². The van der Waals surface area contributed by atoms with Gasteiger partial charge in [0, 0.05) is 26.2 Å². The second-order valence-corrected chi connectivity index (χ2v) is 6.40. The minimum Gasteiger partial charge on any atom is -0.453 e. The normalized spacial score (nSPS) is 14.9. The Morgan fingerprint density at radius 2 is 1.65 bits per heavy atom. The lowest BCUT2D eigenvalue weighted by molar-refractivity contribution is 0.0755. The molecule has 1 aromatic heterocycles. The van der Waals surface area contributed by atoms with E-state index in [0.717, 1.165) is 17.8 Å². The van der Waals surface area contributed by atoms with Crippen LogP contribution in [-0.4, -0.2) is 64.9 Å². The second-order valence-electron chi connectivity index (χ2n) is 6.40. The van der Waals surface area contributed by atoms with Crippen LogP contribution in [0.1, 0.15) is 28.2 Å². The summed E-state index contributed by atoms with van der Waals surface area (Å²) in [5, 5.41) is 4.56. The molecule has 0 N–H and O–H groups in total. The molecule has 0 unspecified atom stereocenters. The van der Waals surface area contributed by atoms with Gasteiger partial charge in [-0.15, -0.1) is 0 Å². The van der Waals surface area contributed by atoms with Crippen LogP contribution in [0, 0.1) is 13.8 Å². The number of aromatic nitrogens is 2. The van der Waals surface area contributed by atoms with E-state index < -0.39 is 0 Å². The van der Waals surface area contributed by atoms with Crippen LogP contribution in [-0.2, 0) is 4.74 Å². The summed E-state index contributed by atoms with van der Waals surface area (Å²) in [5.41, 5.74) is 3.11. The molecule has 7 heteroatoms. The number of hydrogen-bond acceptors (Lipinski definition) is 4. The van der Waals surface area contributed by atoms with Crippen molar-refractivity contribution in [1.29, 1.82) is 0 Å². The lowest BCUT2D eigenvalue weighted by Crippen LogP contribution is -2.37. The van der Waals surface area contributed by atoms with Gasteiger partial charge in [0.15, 0.2) is 0 Å². The maximum Gasteiger partial charge on any atom is 0.409 e. The van der Waals surface area contributed by atoms with Crippen LogP contribution in [0.2, 0.25) is 0 Å². The molecule has 3 rings (SSSR count). The van der Waals surface area contributed by atoms with Crippen molar-refractivity contribution in [2.45, 2.75) is 20.3 Å². The molecule has 0 bridgehead atoms. The molecule has 0 aliphatic carbocycles. The number of amides is 2. The summed E-state index contributed by atoms with van der Waals surface area (Å²) in [4.78, 5) is 28.3. The van der Waals surface area contributed by atoms with E-state index in [1.54, 1.807) is 14.5 Å². The van der Waals surface area contributed by atoms with Gasteiger partial charge in [-0.3, -0.25) is 4.79 Å². The molecular formula is C19H24N4O3. The van der Waals surface area contributed by atoms with Crippen LogP contribution in [0.5, 0.6) is 0 Å². The van der Waals surface area contributed by atoms with Gasteiger partial charge in [0.2, 0.25) is 0 Å². The summed E-state index contributed by atoms with van der Waals surface area (Å²) in [6.07, 6.45) is 0.384. The first-order valence-corrected chi connectivity index (χ1v) is 8.76. The molecule has 7 nitrogen and oxygen atoms in total. The fourth-order valence-electron chi connectivity index (χ4n) is 3.36. The van der Waals surface area contributed by atoms with Crippen LogP contribution in [0.4, 0.5) is 4.79 Å². The van der Waals surface area contributed by atoms with Crippen LogP contribution in [0.25, 0.3) is 5.69 Å². The Bertz CT molecular complexity index is 801. The number of rotatable bonds is 2. The fraction of sp³-hybridized carbons (Fsp3) is 0.421. The van der Waals surface area contributed by atoms with E-state index in [1.807, 2.05) is 44.2 Å². The molecule has 26 heavy (non-hydrogen) atoms. The van der Waals surface area contributed by atoms with E-state index in [9.17, 15) is 9.59 Å².